The summed E-state index contributed by atoms with van der Waals surface area (Å²) in [6, 6.07) is 6.34. The van der Waals surface area contributed by atoms with Crippen LogP contribution >= 0.6 is 11.3 Å². The summed E-state index contributed by atoms with van der Waals surface area (Å²) >= 11 is 1.50. The standard InChI is InChI=1S/C20H18FN3O4S/c21-13-7-5-12(6-8-13)19(27)22-10-18(26)28-11-14-9-17(25)24-15-3-1-2-4-16(15)29-20(24)23-14/h5-9H,1-4,10-11H2,(H,22,27). The van der Waals surface area contributed by atoms with Crippen LogP contribution in [0.1, 0.15) is 39.5 Å². The number of fused-ring (bicyclic) bond motifs is 3. The van der Waals surface area contributed by atoms with Gasteiger partial charge in [-0.25, -0.2) is 9.37 Å². The van der Waals surface area contributed by atoms with E-state index in [-0.39, 0.29) is 24.3 Å². The number of aryl methyl sites for hydroxylation is 2. The Bertz CT molecular complexity index is 1140. The highest BCUT2D eigenvalue weighted by Gasteiger charge is 2.19. The van der Waals surface area contributed by atoms with Gasteiger partial charge in [-0.3, -0.25) is 18.8 Å². The van der Waals surface area contributed by atoms with Crippen molar-refractivity contribution in [3.63, 3.8) is 0 Å². The lowest BCUT2D eigenvalue weighted by Crippen LogP contribution is -2.30. The summed E-state index contributed by atoms with van der Waals surface area (Å²) in [6.45, 7) is -0.496. The van der Waals surface area contributed by atoms with E-state index in [9.17, 15) is 18.8 Å². The van der Waals surface area contributed by atoms with Crippen molar-refractivity contribution in [2.24, 2.45) is 0 Å². The normalized spacial score (nSPS) is 13.1. The second kappa shape index (κ2) is 8.12. The molecule has 0 bridgehead atoms. The second-order valence-corrected chi connectivity index (χ2v) is 7.80. The molecule has 0 radical (unpaired) electrons. The highest BCUT2D eigenvalue weighted by molar-refractivity contribution is 7.17. The van der Waals surface area contributed by atoms with Gasteiger partial charge < -0.3 is 10.1 Å². The number of carbonyl (C=O) groups is 2. The van der Waals surface area contributed by atoms with Crippen LogP contribution in [0, 0.1) is 5.82 Å². The predicted octanol–water partition coefficient (Wildman–Crippen LogP) is 2.25. The molecule has 2 aromatic heterocycles. The number of esters is 1. The number of carbonyl (C=O) groups excluding carboxylic acids is 2. The van der Waals surface area contributed by atoms with Gasteiger partial charge in [0, 0.05) is 22.2 Å². The number of hydrogen-bond donors (Lipinski definition) is 1. The van der Waals surface area contributed by atoms with Gasteiger partial charge in [-0.05, 0) is 49.9 Å². The molecule has 29 heavy (non-hydrogen) atoms. The first kappa shape index (κ1) is 19.3. The Morgan fingerprint density at radius 2 is 1.97 bits per heavy atom. The van der Waals surface area contributed by atoms with E-state index in [1.54, 1.807) is 4.40 Å². The summed E-state index contributed by atoms with van der Waals surface area (Å²) in [5.41, 5.74) is 1.47. The lowest BCUT2D eigenvalue weighted by atomic mass is 10.0. The molecule has 7 nitrogen and oxygen atoms in total. The van der Waals surface area contributed by atoms with Crippen molar-refractivity contribution in [3.05, 3.63) is 68.3 Å². The van der Waals surface area contributed by atoms with Crippen LogP contribution in [-0.4, -0.2) is 27.8 Å². The second-order valence-electron chi connectivity index (χ2n) is 6.73. The lowest BCUT2D eigenvalue weighted by Gasteiger charge is -2.10. The lowest BCUT2D eigenvalue weighted by molar-refractivity contribution is -0.143. The zero-order chi connectivity index (χ0) is 20.4. The number of thiazole rings is 1. The van der Waals surface area contributed by atoms with Crippen molar-refractivity contribution in [3.8, 4) is 0 Å². The first-order valence-corrected chi connectivity index (χ1v) is 10.1. The van der Waals surface area contributed by atoms with E-state index in [0.29, 0.717) is 10.7 Å². The Morgan fingerprint density at radius 3 is 2.76 bits per heavy atom. The van der Waals surface area contributed by atoms with Gasteiger partial charge in [0.15, 0.2) is 4.96 Å². The Labute approximate surface area is 169 Å². The molecule has 0 fully saturated rings. The number of aromatic nitrogens is 2. The van der Waals surface area contributed by atoms with Crippen molar-refractivity contribution in [1.82, 2.24) is 14.7 Å². The van der Waals surface area contributed by atoms with Gasteiger partial charge in [0.05, 0.1) is 5.69 Å². The molecule has 1 N–H and O–H groups in total. The van der Waals surface area contributed by atoms with Gasteiger partial charge in [-0.15, -0.1) is 11.3 Å². The largest absolute Gasteiger partial charge is 0.458 e. The molecule has 1 amide bonds. The van der Waals surface area contributed by atoms with Gasteiger partial charge in [0.2, 0.25) is 0 Å². The minimum Gasteiger partial charge on any atom is -0.458 e. The maximum atomic E-state index is 12.9. The van der Waals surface area contributed by atoms with E-state index in [1.807, 2.05) is 0 Å². The molecule has 4 rings (SSSR count). The monoisotopic (exact) mass is 415 g/mol. The third-order valence-electron chi connectivity index (χ3n) is 4.70. The molecule has 2 heterocycles. The summed E-state index contributed by atoms with van der Waals surface area (Å²) in [4.78, 5) is 42.6. The van der Waals surface area contributed by atoms with Crippen LogP contribution in [0.2, 0.25) is 0 Å². The Balaban J connectivity index is 1.36. The van der Waals surface area contributed by atoms with Crippen molar-refractivity contribution in [2.45, 2.75) is 32.3 Å². The van der Waals surface area contributed by atoms with Gasteiger partial charge in [-0.2, -0.15) is 0 Å². The smallest absolute Gasteiger partial charge is 0.325 e. The number of hydrogen-bond acceptors (Lipinski definition) is 6. The fourth-order valence-electron chi connectivity index (χ4n) is 3.28. The number of halogens is 1. The van der Waals surface area contributed by atoms with Crippen LogP contribution in [0.15, 0.2) is 35.1 Å². The molecule has 0 aliphatic heterocycles. The van der Waals surface area contributed by atoms with Gasteiger partial charge >= 0.3 is 5.97 Å². The number of ether oxygens (including phenoxy) is 1. The Kier molecular flexibility index (Phi) is 5.39. The average Bonchev–Trinajstić information content (AvgIpc) is 3.10. The van der Waals surface area contributed by atoms with E-state index >= 15 is 0 Å². The highest BCUT2D eigenvalue weighted by atomic mass is 32.1. The molecule has 0 atom stereocenters. The third-order valence-corrected chi connectivity index (χ3v) is 5.84. The van der Waals surface area contributed by atoms with Crippen molar-refractivity contribution in [2.75, 3.05) is 6.54 Å². The van der Waals surface area contributed by atoms with Gasteiger partial charge in [0.1, 0.15) is 19.0 Å². The molecular formula is C20H18FN3O4S. The predicted molar refractivity (Wildman–Crippen MR) is 105 cm³/mol. The van der Waals surface area contributed by atoms with E-state index in [0.717, 1.165) is 43.5 Å². The molecule has 0 saturated heterocycles. The summed E-state index contributed by atoms with van der Waals surface area (Å²) in [5.74, 6) is -1.62. The summed E-state index contributed by atoms with van der Waals surface area (Å²) in [7, 11) is 0. The number of amides is 1. The van der Waals surface area contributed by atoms with E-state index in [2.05, 4.69) is 10.3 Å². The molecule has 1 aliphatic carbocycles. The fourth-order valence-corrected chi connectivity index (χ4v) is 4.51. The number of nitrogens with one attached hydrogen (secondary N) is 1. The first-order chi connectivity index (χ1) is 14.0. The van der Waals surface area contributed by atoms with Crippen LogP contribution in [-0.2, 0) is 29.0 Å². The molecule has 1 aromatic carbocycles. The van der Waals surface area contributed by atoms with E-state index < -0.39 is 17.7 Å². The number of benzene rings is 1. The zero-order valence-electron chi connectivity index (χ0n) is 15.4. The van der Waals surface area contributed by atoms with Crippen LogP contribution < -0.4 is 10.9 Å². The molecule has 150 valence electrons. The number of rotatable bonds is 5. The molecule has 0 saturated carbocycles. The number of nitrogens with zero attached hydrogens (tertiary/aromatic N) is 2. The van der Waals surface area contributed by atoms with E-state index in [4.69, 9.17) is 4.74 Å². The maximum absolute atomic E-state index is 12.9. The summed E-state index contributed by atoms with van der Waals surface area (Å²) in [5, 5.41) is 2.41. The summed E-state index contributed by atoms with van der Waals surface area (Å²) in [6.07, 6.45) is 4.01. The van der Waals surface area contributed by atoms with Crippen molar-refractivity contribution in [1.29, 1.82) is 0 Å². The van der Waals surface area contributed by atoms with Crippen LogP contribution in [0.5, 0.6) is 0 Å². The van der Waals surface area contributed by atoms with Gasteiger partial charge in [0.25, 0.3) is 11.5 Å². The fraction of sp³-hybridized carbons (Fsp3) is 0.300. The molecule has 0 spiro atoms. The van der Waals surface area contributed by atoms with Crippen LogP contribution in [0.25, 0.3) is 4.96 Å². The van der Waals surface area contributed by atoms with E-state index in [1.165, 1.54) is 34.4 Å². The average molecular weight is 415 g/mol. The first-order valence-electron chi connectivity index (χ1n) is 9.24. The molecule has 1 aliphatic rings. The SMILES string of the molecule is O=C(CNC(=O)c1ccc(F)cc1)OCc1cc(=O)n2c3c(sc2n1)CCCC3. The minimum atomic E-state index is -0.659. The van der Waals surface area contributed by atoms with Crippen LogP contribution in [0.3, 0.4) is 0 Å². The topological polar surface area (TPSA) is 89.8 Å². The molecule has 9 heteroatoms. The van der Waals surface area contributed by atoms with Crippen molar-refractivity contribution < 1.29 is 18.7 Å². The Morgan fingerprint density at radius 1 is 1.21 bits per heavy atom. The molecule has 0 unspecified atom stereocenters. The quantitative estimate of drug-likeness (QED) is 0.646. The van der Waals surface area contributed by atoms with Crippen LogP contribution in [0.4, 0.5) is 4.39 Å². The van der Waals surface area contributed by atoms with Crippen molar-refractivity contribution >= 4 is 28.2 Å². The third kappa shape index (κ3) is 4.19. The van der Waals surface area contributed by atoms with Gasteiger partial charge in [-0.1, -0.05) is 0 Å². The molecular weight excluding hydrogens is 397 g/mol. The molecule has 3 aromatic rings. The highest BCUT2D eigenvalue weighted by Crippen LogP contribution is 2.28. The summed E-state index contributed by atoms with van der Waals surface area (Å²) < 4.78 is 19.6. The Hall–Kier alpha value is -3.07. The maximum Gasteiger partial charge on any atom is 0.325 e. The minimum absolute atomic E-state index is 0.153. The zero-order valence-corrected chi connectivity index (χ0v) is 16.3.